The monoisotopic (exact) mass is 405 g/mol. The normalized spacial score (nSPS) is 13.5. The van der Waals surface area contributed by atoms with Gasteiger partial charge in [-0.1, -0.05) is 18.2 Å². The number of halogens is 2. The summed E-state index contributed by atoms with van der Waals surface area (Å²) < 4.78 is 14.7. The zero-order valence-corrected chi connectivity index (χ0v) is 17.1. The van der Waals surface area contributed by atoms with E-state index in [2.05, 4.69) is 16.9 Å². The second-order valence-corrected chi connectivity index (χ2v) is 7.76. The fourth-order valence-corrected chi connectivity index (χ4v) is 2.84. The van der Waals surface area contributed by atoms with Gasteiger partial charge in [0.2, 0.25) is 5.91 Å². The van der Waals surface area contributed by atoms with Crippen LogP contribution >= 0.6 is 11.6 Å². The lowest BCUT2D eigenvalue weighted by Crippen LogP contribution is -2.56. The quantitative estimate of drug-likeness (QED) is 0.636. The average molecular weight is 406 g/mol. The van der Waals surface area contributed by atoms with Gasteiger partial charge in [-0.3, -0.25) is 4.79 Å². The Morgan fingerprint density at radius 1 is 1.25 bits per heavy atom. The van der Waals surface area contributed by atoms with Crippen LogP contribution in [-0.2, 0) is 10.3 Å². The van der Waals surface area contributed by atoms with Gasteiger partial charge < -0.3 is 21.7 Å². The van der Waals surface area contributed by atoms with Crippen LogP contribution in [0.2, 0.25) is 5.15 Å². The van der Waals surface area contributed by atoms with Crippen molar-refractivity contribution in [3.63, 3.8) is 0 Å². The third-order valence-corrected chi connectivity index (χ3v) is 5.33. The number of anilines is 2. The molecule has 0 unspecified atom stereocenters. The summed E-state index contributed by atoms with van der Waals surface area (Å²) in [6.45, 7) is 8.49. The zero-order valence-electron chi connectivity index (χ0n) is 16.4. The number of nitrogens with zero attached hydrogens (tertiary/aromatic N) is 2. The largest absolute Gasteiger partial charge is 0.386 e. The van der Waals surface area contributed by atoms with E-state index >= 15 is 0 Å². The van der Waals surface area contributed by atoms with E-state index in [1.54, 1.807) is 51.2 Å². The van der Waals surface area contributed by atoms with Crippen molar-refractivity contribution in [1.29, 1.82) is 0 Å². The van der Waals surface area contributed by atoms with Gasteiger partial charge >= 0.3 is 0 Å². The summed E-state index contributed by atoms with van der Waals surface area (Å²) >= 11 is 5.79. The Kier molecular flexibility index (Phi) is 6.01. The first-order valence-corrected chi connectivity index (χ1v) is 8.95. The molecule has 28 heavy (non-hydrogen) atoms. The molecule has 0 saturated carbocycles. The van der Waals surface area contributed by atoms with E-state index in [1.807, 2.05) is 0 Å². The van der Waals surface area contributed by atoms with Gasteiger partial charge in [0.25, 0.3) is 0 Å². The van der Waals surface area contributed by atoms with E-state index < -0.39 is 16.8 Å². The fourth-order valence-electron chi connectivity index (χ4n) is 2.73. The third kappa shape index (κ3) is 4.10. The Labute approximate surface area is 169 Å². The molecular formula is C20H25ClFN5O. The molecule has 0 bridgehead atoms. The molecule has 0 aliphatic heterocycles. The maximum atomic E-state index is 14.7. The number of carbonyl (C=O) groups excluding carboxylic acids is 1. The Hall–Kier alpha value is -2.64. The predicted octanol–water partition coefficient (Wildman–Crippen LogP) is 3.71. The smallest absolute Gasteiger partial charge is 0.235 e. The summed E-state index contributed by atoms with van der Waals surface area (Å²) in [6, 6.07) is 7.84. The molecule has 8 heteroatoms. The lowest BCUT2D eigenvalue weighted by molar-refractivity contribution is -0.141. The second-order valence-electron chi connectivity index (χ2n) is 7.37. The number of hydrogen-bond donors (Lipinski definition) is 3. The van der Waals surface area contributed by atoms with Gasteiger partial charge in [-0.2, -0.15) is 0 Å². The summed E-state index contributed by atoms with van der Waals surface area (Å²) in [5.74, 6) is -0.801. The molecule has 0 aliphatic rings. The van der Waals surface area contributed by atoms with Crippen LogP contribution < -0.4 is 16.8 Å². The van der Waals surface area contributed by atoms with Crippen molar-refractivity contribution in [1.82, 2.24) is 9.88 Å². The SMILES string of the molecule is C=C(N)N(C)C(=O)C(C)(C)[C@](C)(N)c1cc(Nc2ccc(Cl)nc2)ccc1F. The van der Waals surface area contributed by atoms with Gasteiger partial charge in [0.1, 0.15) is 11.0 Å². The van der Waals surface area contributed by atoms with Gasteiger partial charge in [0, 0.05) is 18.3 Å². The first kappa shape index (κ1) is 21.7. The topological polar surface area (TPSA) is 97.3 Å². The maximum absolute atomic E-state index is 14.7. The average Bonchev–Trinajstić information content (AvgIpc) is 2.63. The van der Waals surface area contributed by atoms with E-state index in [-0.39, 0.29) is 17.3 Å². The van der Waals surface area contributed by atoms with Crippen LogP contribution in [0.4, 0.5) is 15.8 Å². The minimum atomic E-state index is -1.34. The highest BCUT2D eigenvalue weighted by Crippen LogP contribution is 2.41. The Balaban J connectivity index is 2.42. The van der Waals surface area contributed by atoms with Crippen LogP contribution in [0.3, 0.4) is 0 Å². The van der Waals surface area contributed by atoms with E-state index in [9.17, 15) is 9.18 Å². The predicted molar refractivity (Wildman–Crippen MR) is 110 cm³/mol. The van der Waals surface area contributed by atoms with Crippen molar-refractivity contribution >= 4 is 28.9 Å². The maximum Gasteiger partial charge on any atom is 0.235 e. The van der Waals surface area contributed by atoms with Gasteiger partial charge in [0.05, 0.1) is 28.7 Å². The van der Waals surface area contributed by atoms with Crippen LogP contribution in [0, 0.1) is 11.2 Å². The number of rotatable bonds is 6. The summed E-state index contributed by atoms with van der Waals surface area (Å²) in [5, 5.41) is 3.49. The summed E-state index contributed by atoms with van der Waals surface area (Å²) in [6.07, 6.45) is 1.56. The third-order valence-electron chi connectivity index (χ3n) is 5.11. The van der Waals surface area contributed by atoms with Gasteiger partial charge in [-0.05, 0) is 51.1 Å². The Morgan fingerprint density at radius 3 is 2.39 bits per heavy atom. The van der Waals surface area contributed by atoms with Crippen molar-refractivity contribution in [2.45, 2.75) is 26.3 Å². The molecule has 1 atom stereocenters. The molecule has 0 spiro atoms. The standard InChI is InChI=1S/C20H25ClFN5O/c1-12(23)27(5)18(28)19(2,3)20(4,24)15-10-13(6-8-16(15)22)26-14-7-9-17(21)25-11-14/h6-11,26H,1,23-24H2,2-5H3/t20-/m1/s1. The van der Waals surface area contributed by atoms with Crippen LogP contribution in [-0.4, -0.2) is 22.8 Å². The number of hydrogen-bond acceptors (Lipinski definition) is 5. The van der Waals surface area contributed by atoms with Crippen LogP contribution in [0.1, 0.15) is 26.3 Å². The van der Waals surface area contributed by atoms with Crippen molar-refractivity contribution in [3.05, 3.63) is 65.5 Å². The Bertz CT molecular complexity index is 896. The molecule has 0 saturated heterocycles. The lowest BCUT2D eigenvalue weighted by Gasteiger charge is -2.42. The van der Waals surface area contributed by atoms with E-state index in [4.69, 9.17) is 23.1 Å². The van der Waals surface area contributed by atoms with E-state index in [1.165, 1.54) is 18.0 Å². The molecular weight excluding hydrogens is 381 g/mol. The summed E-state index contributed by atoms with van der Waals surface area (Å²) in [5.41, 5.74) is 11.1. The minimum Gasteiger partial charge on any atom is -0.386 e. The van der Waals surface area contributed by atoms with Crippen molar-refractivity contribution in [2.24, 2.45) is 16.9 Å². The summed E-state index contributed by atoms with van der Waals surface area (Å²) in [4.78, 5) is 18.1. The highest BCUT2D eigenvalue weighted by atomic mass is 35.5. The number of aromatic nitrogens is 1. The van der Waals surface area contributed by atoms with E-state index in [0.717, 1.165) is 0 Å². The highest BCUT2D eigenvalue weighted by molar-refractivity contribution is 6.29. The molecule has 1 aromatic heterocycles. The molecule has 1 aromatic carbocycles. The minimum absolute atomic E-state index is 0.0833. The first-order chi connectivity index (χ1) is 12.9. The second kappa shape index (κ2) is 7.77. The number of nitrogens with one attached hydrogen (secondary N) is 1. The van der Waals surface area contributed by atoms with Gasteiger partial charge in [-0.25, -0.2) is 9.37 Å². The molecule has 1 amide bonds. The molecule has 0 aliphatic carbocycles. The van der Waals surface area contributed by atoms with Crippen molar-refractivity contribution < 1.29 is 9.18 Å². The number of carbonyl (C=O) groups is 1. The molecule has 0 fully saturated rings. The molecule has 6 nitrogen and oxygen atoms in total. The zero-order chi connectivity index (χ0) is 21.3. The van der Waals surface area contributed by atoms with Crippen LogP contribution in [0.15, 0.2) is 48.9 Å². The highest BCUT2D eigenvalue weighted by Gasteiger charge is 2.47. The Morgan fingerprint density at radius 2 is 1.86 bits per heavy atom. The first-order valence-electron chi connectivity index (χ1n) is 8.58. The van der Waals surface area contributed by atoms with Gasteiger partial charge in [0.15, 0.2) is 0 Å². The number of amides is 1. The van der Waals surface area contributed by atoms with Gasteiger partial charge in [-0.15, -0.1) is 0 Å². The number of nitrogens with two attached hydrogens (primary N) is 2. The summed E-state index contributed by atoms with van der Waals surface area (Å²) in [7, 11) is 1.50. The van der Waals surface area contributed by atoms with Crippen molar-refractivity contribution in [2.75, 3.05) is 12.4 Å². The molecule has 5 N–H and O–H groups in total. The molecule has 0 radical (unpaired) electrons. The molecule has 2 aromatic rings. The molecule has 150 valence electrons. The number of pyridine rings is 1. The van der Waals surface area contributed by atoms with Crippen LogP contribution in [0.25, 0.3) is 0 Å². The van der Waals surface area contributed by atoms with Crippen molar-refractivity contribution in [3.8, 4) is 0 Å². The fraction of sp³-hybridized carbons (Fsp3) is 0.300. The lowest BCUT2D eigenvalue weighted by atomic mass is 9.68. The molecule has 2 rings (SSSR count). The van der Waals surface area contributed by atoms with Crippen LogP contribution in [0.5, 0.6) is 0 Å². The molecule has 1 heterocycles. The van der Waals surface area contributed by atoms with E-state index in [0.29, 0.717) is 16.5 Å². The number of benzene rings is 1.